The lowest BCUT2D eigenvalue weighted by atomic mass is 10.4. The van der Waals surface area contributed by atoms with Crippen LogP contribution in [-0.4, -0.2) is 25.9 Å². The molecule has 0 aliphatic rings. The van der Waals surface area contributed by atoms with E-state index in [9.17, 15) is 0 Å². The molecule has 3 rings (SSSR count). The number of hydrazine groups is 1. The quantitative estimate of drug-likeness (QED) is 0.486. The van der Waals surface area contributed by atoms with E-state index in [1.54, 1.807) is 23.7 Å². The van der Waals surface area contributed by atoms with Crippen molar-refractivity contribution in [3.8, 4) is 0 Å². The summed E-state index contributed by atoms with van der Waals surface area (Å²) in [5.74, 6) is 6.71. The van der Waals surface area contributed by atoms with Crippen molar-refractivity contribution in [2.75, 3.05) is 17.3 Å². The minimum absolute atomic E-state index is 0.586. The van der Waals surface area contributed by atoms with Crippen LogP contribution >= 0.6 is 11.3 Å². The minimum Gasteiger partial charge on any atom is -0.366 e. The van der Waals surface area contributed by atoms with Gasteiger partial charge in [0.25, 0.3) is 0 Å². The Hall–Kier alpha value is -2.19. The molecular weight excluding hydrogens is 274 g/mol. The van der Waals surface area contributed by atoms with Gasteiger partial charge < -0.3 is 15.1 Å². The maximum Gasteiger partial charge on any atom is 0.180 e. The fourth-order valence-electron chi connectivity index (χ4n) is 1.93. The van der Waals surface area contributed by atoms with E-state index >= 15 is 0 Å². The Morgan fingerprint density at radius 2 is 2.30 bits per heavy atom. The van der Waals surface area contributed by atoms with E-state index in [-0.39, 0.29) is 0 Å². The van der Waals surface area contributed by atoms with Crippen molar-refractivity contribution in [2.24, 2.45) is 5.84 Å². The average molecular weight is 289 g/mol. The van der Waals surface area contributed by atoms with Gasteiger partial charge in [0.05, 0.1) is 11.2 Å². The number of rotatable bonds is 5. The predicted octanol–water partition coefficient (Wildman–Crippen LogP) is 1.43. The first kappa shape index (κ1) is 12.8. The zero-order chi connectivity index (χ0) is 13.9. The van der Waals surface area contributed by atoms with Gasteiger partial charge in [-0.15, -0.1) is 11.3 Å². The Kier molecular flexibility index (Phi) is 3.48. The summed E-state index contributed by atoms with van der Waals surface area (Å²) in [5, 5.41) is 6.45. The lowest BCUT2D eigenvalue weighted by molar-refractivity contribution is 0.972. The number of thiazole rings is 1. The highest BCUT2D eigenvalue weighted by molar-refractivity contribution is 7.09. The third-order valence-electron chi connectivity index (χ3n) is 2.82. The molecule has 0 aromatic carbocycles. The third kappa shape index (κ3) is 2.56. The number of hydrogen-bond donors (Lipinski definition) is 3. The van der Waals surface area contributed by atoms with Crippen LogP contribution in [0.3, 0.4) is 0 Å². The fourth-order valence-corrected chi connectivity index (χ4v) is 2.70. The second kappa shape index (κ2) is 5.43. The third-order valence-corrected chi connectivity index (χ3v) is 3.85. The van der Waals surface area contributed by atoms with E-state index in [0.717, 1.165) is 29.3 Å². The summed E-state index contributed by atoms with van der Waals surface area (Å²) in [6.45, 7) is 2.75. The van der Waals surface area contributed by atoms with E-state index < -0.39 is 0 Å². The number of nitrogens with zero attached hydrogens (tertiary/aromatic N) is 4. The van der Waals surface area contributed by atoms with Gasteiger partial charge in [-0.05, 0) is 6.92 Å². The molecule has 3 aromatic heterocycles. The number of nitrogens with one attached hydrogen (secondary N) is 2. The summed E-state index contributed by atoms with van der Waals surface area (Å²) >= 11 is 1.67. The summed E-state index contributed by atoms with van der Waals surface area (Å²) in [6.07, 6.45) is 6.23. The Morgan fingerprint density at radius 1 is 1.40 bits per heavy atom. The number of fused-ring (bicyclic) bond motifs is 1. The predicted molar refractivity (Wildman–Crippen MR) is 79.8 cm³/mol. The molecule has 0 unspecified atom stereocenters. The molecule has 0 atom stereocenters. The number of nitrogens with two attached hydrogens (primary N) is 1. The average Bonchev–Trinajstić information content (AvgIpc) is 3.07. The van der Waals surface area contributed by atoms with Crippen LogP contribution in [0.4, 0.5) is 11.6 Å². The molecule has 104 valence electrons. The van der Waals surface area contributed by atoms with Crippen LogP contribution in [0.1, 0.15) is 10.7 Å². The number of imidazole rings is 1. The normalized spacial score (nSPS) is 10.9. The van der Waals surface area contributed by atoms with Crippen LogP contribution in [0.15, 0.2) is 24.0 Å². The summed E-state index contributed by atoms with van der Waals surface area (Å²) in [5.41, 5.74) is 4.39. The molecule has 3 heterocycles. The van der Waals surface area contributed by atoms with Gasteiger partial charge in [0.1, 0.15) is 0 Å². The van der Waals surface area contributed by atoms with E-state index in [0.29, 0.717) is 11.6 Å². The van der Waals surface area contributed by atoms with Crippen molar-refractivity contribution in [2.45, 2.75) is 13.3 Å². The van der Waals surface area contributed by atoms with Crippen LogP contribution in [0.2, 0.25) is 0 Å². The summed E-state index contributed by atoms with van der Waals surface area (Å²) in [7, 11) is 0. The molecule has 0 aliphatic heterocycles. The lowest BCUT2D eigenvalue weighted by Crippen LogP contribution is -2.13. The van der Waals surface area contributed by atoms with E-state index in [1.807, 2.05) is 17.5 Å². The van der Waals surface area contributed by atoms with Crippen molar-refractivity contribution in [3.63, 3.8) is 0 Å². The van der Waals surface area contributed by atoms with E-state index in [1.165, 1.54) is 0 Å². The molecule has 7 nitrogen and oxygen atoms in total. The van der Waals surface area contributed by atoms with E-state index in [4.69, 9.17) is 5.84 Å². The second-order valence-electron chi connectivity index (χ2n) is 4.34. The van der Waals surface area contributed by atoms with Crippen LogP contribution in [-0.2, 0) is 6.42 Å². The molecular formula is C12H15N7S. The van der Waals surface area contributed by atoms with Crippen LogP contribution in [0.5, 0.6) is 0 Å². The summed E-state index contributed by atoms with van der Waals surface area (Å²) in [4.78, 5) is 13.1. The Bertz CT molecular complexity index is 717. The smallest absolute Gasteiger partial charge is 0.180 e. The SMILES string of the molecule is Cc1csc(CCNc2nc(NN)cn3ccnc23)n1. The zero-order valence-corrected chi connectivity index (χ0v) is 11.8. The Morgan fingerprint density at radius 3 is 3.05 bits per heavy atom. The standard InChI is InChI=1S/C12H15N7S/c1-8-7-20-10(16-8)2-3-14-11-12-15-4-5-19(12)6-9(17-11)18-13/h4-7,18H,2-3,13H2,1H3,(H,14,17). The maximum atomic E-state index is 5.42. The zero-order valence-electron chi connectivity index (χ0n) is 11.0. The number of aryl methyl sites for hydroxylation is 1. The monoisotopic (exact) mass is 289 g/mol. The lowest BCUT2D eigenvalue weighted by Gasteiger charge is -2.08. The van der Waals surface area contributed by atoms with Crippen molar-refractivity contribution >= 4 is 28.6 Å². The molecule has 8 heteroatoms. The molecule has 0 fully saturated rings. The van der Waals surface area contributed by atoms with Gasteiger partial charge in [-0.25, -0.2) is 20.8 Å². The molecule has 20 heavy (non-hydrogen) atoms. The molecule has 0 aliphatic carbocycles. The van der Waals surface area contributed by atoms with Crippen molar-refractivity contribution in [1.29, 1.82) is 0 Å². The highest BCUT2D eigenvalue weighted by atomic mass is 32.1. The molecule has 0 amide bonds. The van der Waals surface area contributed by atoms with Crippen molar-refractivity contribution in [3.05, 3.63) is 34.7 Å². The van der Waals surface area contributed by atoms with Crippen molar-refractivity contribution in [1.82, 2.24) is 19.4 Å². The van der Waals surface area contributed by atoms with Gasteiger partial charge in [0.2, 0.25) is 0 Å². The van der Waals surface area contributed by atoms with Crippen LogP contribution < -0.4 is 16.6 Å². The van der Waals surface area contributed by atoms with Crippen LogP contribution in [0, 0.1) is 6.92 Å². The first-order chi connectivity index (χ1) is 9.76. The van der Waals surface area contributed by atoms with Gasteiger partial charge in [-0.2, -0.15) is 0 Å². The second-order valence-corrected chi connectivity index (χ2v) is 5.28. The Labute approximate surface area is 119 Å². The molecule has 0 saturated heterocycles. The topological polar surface area (TPSA) is 93.2 Å². The van der Waals surface area contributed by atoms with Gasteiger partial charge in [0.15, 0.2) is 17.3 Å². The first-order valence-corrected chi connectivity index (χ1v) is 7.09. The molecule has 4 N–H and O–H groups in total. The Balaban J connectivity index is 1.74. The van der Waals surface area contributed by atoms with Crippen molar-refractivity contribution < 1.29 is 0 Å². The van der Waals surface area contributed by atoms with Crippen LogP contribution in [0.25, 0.3) is 5.65 Å². The fraction of sp³-hybridized carbons (Fsp3) is 0.250. The number of aromatic nitrogens is 4. The van der Waals surface area contributed by atoms with E-state index in [2.05, 4.69) is 31.1 Å². The van der Waals surface area contributed by atoms with Gasteiger partial charge >= 0.3 is 0 Å². The molecule has 0 saturated carbocycles. The molecule has 3 aromatic rings. The van der Waals surface area contributed by atoms with Gasteiger partial charge in [-0.3, -0.25) is 0 Å². The number of hydrogen-bond acceptors (Lipinski definition) is 7. The highest BCUT2D eigenvalue weighted by Gasteiger charge is 2.07. The van der Waals surface area contributed by atoms with Gasteiger partial charge in [0, 0.05) is 36.4 Å². The molecule has 0 bridgehead atoms. The summed E-state index contributed by atoms with van der Waals surface area (Å²) in [6, 6.07) is 0. The maximum absolute atomic E-state index is 5.42. The first-order valence-electron chi connectivity index (χ1n) is 6.21. The molecule has 0 spiro atoms. The largest absolute Gasteiger partial charge is 0.366 e. The minimum atomic E-state index is 0.586. The number of anilines is 2. The highest BCUT2D eigenvalue weighted by Crippen LogP contribution is 2.16. The summed E-state index contributed by atoms with van der Waals surface area (Å²) < 4.78 is 1.87. The number of nitrogen functional groups attached to an aromatic ring is 1. The molecule has 0 radical (unpaired) electrons. The van der Waals surface area contributed by atoms with Gasteiger partial charge in [-0.1, -0.05) is 0 Å².